The van der Waals surface area contributed by atoms with Gasteiger partial charge in [-0.15, -0.1) is 0 Å². The van der Waals surface area contributed by atoms with Gasteiger partial charge in [0.25, 0.3) is 0 Å². The van der Waals surface area contributed by atoms with Crippen LogP contribution in [-0.2, 0) is 13.6 Å². The number of carbonyl (C=O) groups is 1. The summed E-state index contributed by atoms with van der Waals surface area (Å²) in [5.41, 5.74) is 0. The lowest BCUT2D eigenvalue weighted by Crippen LogP contribution is -2.30. The van der Waals surface area contributed by atoms with Gasteiger partial charge in [-0.2, -0.15) is 0 Å². The molecule has 0 aromatic heterocycles. The van der Waals surface area contributed by atoms with Crippen molar-refractivity contribution in [1.29, 1.82) is 0 Å². The van der Waals surface area contributed by atoms with Gasteiger partial charge < -0.3 is 8.85 Å². The molecule has 0 aliphatic rings. The summed E-state index contributed by atoms with van der Waals surface area (Å²) in [5.74, 6) is -0.259. The van der Waals surface area contributed by atoms with Gasteiger partial charge in [0, 0.05) is 6.08 Å². The maximum atomic E-state index is 11.4. The van der Waals surface area contributed by atoms with E-state index in [0.29, 0.717) is 0 Å². The Morgan fingerprint density at radius 2 is 1.56 bits per heavy atom. The summed E-state index contributed by atoms with van der Waals surface area (Å²) >= 11 is 0. The highest BCUT2D eigenvalue weighted by Gasteiger charge is 2.19. The van der Waals surface area contributed by atoms with Crippen LogP contribution in [0.4, 0.5) is 0 Å². The normalized spacial score (nSPS) is 15.2. The lowest BCUT2D eigenvalue weighted by Gasteiger charge is -2.21. The topological polar surface area (TPSA) is 35.5 Å². The van der Waals surface area contributed by atoms with Crippen molar-refractivity contribution in [3.05, 3.63) is 12.2 Å². The first kappa shape index (κ1) is 15.6. The van der Waals surface area contributed by atoms with Gasteiger partial charge >= 0.3 is 5.97 Å². The van der Waals surface area contributed by atoms with E-state index in [2.05, 4.69) is 19.6 Å². The van der Waals surface area contributed by atoms with Gasteiger partial charge in [0.15, 0.2) is 8.32 Å². The smallest absolute Gasteiger partial charge is 0.317 e. The number of rotatable bonds is 5. The van der Waals surface area contributed by atoms with E-state index in [1.54, 1.807) is 6.08 Å². The first-order valence-corrected chi connectivity index (χ1v) is 12.4. The van der Waals surface area contributed by atoms with Crippen LogP contribution < -0.4 is 0 Å². The predicted octanol–water partition coefficient (Wildman–Crippen LogP) is 3.16. The Bertz CT molecular complexity index is 261. The summed E-state index contributed by atoms with van der Waals surface area (Å²) in [6, 6.07) is 0. The number of hydrogen-bond donors (Lipinski definition) is 0. The van der Waals surface area contributed by atoms with Crippen LogP contribution in [0.15, 0.2) is 12.2 Å². The molecule has 0 radical (unpaired) electrons. The summed E-state index contributed by atoms with van der Waals surface area (Å²) in [6.45, 7) is 14.3. The Kier molecular flexibility index (Phi) is 5.65. The Balaban J connectivity index is 4.14. The van der Waals surface area contributed by atoms with Gasteiger partial charge in [-0.25, -0.2) is 4.79 Å². The summed E-state index contributed by atoms with van der Waals surface area (Å²) < 4.78 is 11.1. The lowest BCUT2D eigenvalue weighted by atomic mass is 10.3. The molecule has 16 heavy (non-hydrogen) atoms. The van der Waals surface area contributed by atoms with Crippen LogP contribution in [0.1, 0.15) is 6.92 Å². The summed E-state index contributed by atoms with van der Waals surface area (Å²) in [7, 11) is -3.31. The minimum absolute atomic E-state index is 0.0270. The van der Waals surface area contributed by atoms with Crippen molar-refractivity contribution in [3.8, 4) is 0 Å². The molecule has 0 saturated carbocycles. The fraction of sp³-hybridized carbons (Fsp3) is 0.727. The lowest BCUT2D eigenvalue weighted by molar-refractivity contribution is -0.129. The van der Waals surface area contributed by atoms with E-state index in [0.717, 1.165) is 0 Å². The van der Waals surface area contributed by atoms with Crippen LogP contribution >= 0.6 is 0 Å². The highest BCUT2D eigenvalue weighted by Crippen LogP contribution is 2.08. The molecule has 0 spiro atoms. The van der Waals surface area contributed by atoms with Crippen LogP contribution in [-0.4, -0.2) is 28.7 Å². The molecule has 1 atom stereocenters. The standard InChI is InChI=1S/C11H24O3Si2/c1-10(13-15(2,3)4)8-9-11(12)14-16(5,6)7/h8-10H,1-7H3/b9-8+. The first-order valence-electron chi connectivity index (χ1n) is 5.58. The van der Waals surface area contributed by atoms with Gasteiger partial charge in [-0.3, -0.25) is 0 Å². The Labute approximate surface area is 101 Å². The van der Waals surface area contributed by atoms with Crippen molar-refractivity contribution in [3.63, 3.8) is 0 Å². The molecule has 0 amide bonds. The van der Waals surface area contributed by atoms with Crippen LogP contribution in [0.3, 0.4) is 0 Å². The van der Waals surface area contributed by atoms with Crippen molar-refractivity contribution in [1.82, 2.24) is 0 Å². The molecule has 3 nitrogen and oxygen atoms in total. The van der Waals surface area contributed by atoms with Gasteiger partial charge in [-0.1, -0.05) is 6.08 Å². The third kappa shape index (κ3) is 10.1. The molecule has 0 aliphatic heterocycles. The van der Waals surface area contributed by atoms with Crippen LogP contribution in [0.5, 0.6) is 0 Å². The van der Waals surface area contributed by atoms with E-state index >= 15 is 0 Å². The minimum Gasteiger partial charge on any atom is -0.517 e. The molecule has 5 heteroatoms. The average molecular weight is 260 g/mol. The van der Waals surface area contributed by atoms with Crippen molar-refractivity contribution in [2.75, 3.05) is 0 Å². The molecule has 0 heterocycles. The summed E-state index contributed by atoms with van der Waals surface area (Å²) in [4.78, 5) is 11.4. The van der Waals surface area contributed by atoms with Crippen LogP contribution in [0.2, 0.25) is 39.3 Å². The molecular weight excluding hydrogens is 236 g/mol. The molecule has 0 aromatic rings. The molecular formula is C11H24O3Si2. The monoisotopic (exact) mass is 260 g/mol. The zero-order chi connectivity index (χ0) is 13.0. The maximum absolute atomic E-state index is 11.4. The van der Waals surface area contributed by atoms with Crippen molar-refractivity contribution >= 4 is 22.6 Å². The third-order valence-electron chi connectivity index (χ3n) is 1.45. The molecule has 0 N–H and O–H groups in total. The zero-order valence-electron chi connectivity index (χ0n) is 11.5. The summed E-state index contributed by atoms with van der Waals surface area (Å²) in [5, 5.41) is 0. The Morgan fingerprint density at radius 3 is 1.94 bits per heavy atom. The van der Waals surface area contributed by atoms with Crippen molar-refractivity contribution < 1.29 is 13.6 Å². The molecule has 0 bridgehead atoms. The maximum Gasteiger partial charge on any atom is 0.317 e. The fourth-order valence-corrected chi connectivity index (χ4v) is 3.01. The average Bonchev–Trinajstić information content (AvgIpc) is 1.94. The fourth-order valence-electron chi connectivity index (χ4n) is 1.15. The predicted molar refractivity (Wildman–Crippen MR) is 72.5 cm³/mol. The van der Waals surface area contributed by atoms with E-state index < -0.39 is 16.6 Å². The minimum atomic E-state index is -1.77. The second-order valence-electron chi connectivity index (χ2n) is 5.83. The van der Waals surface area contributed by atoms with E-state index in [9.17, 15) is 4.79 Å². The molecule has 0 saturated heterocycles. The second-order valence-corrected chi connectivity index (χ2v) is 14.7. The van der Waals surface area contributed by atoms with Gasteiger partial charge in [0.05, 0.1) is 6.10 Å². The first-order chi connectivity index (χ1) is 6.99. The van der Waals surface area contributed by atoms with E-state index in [-0.39, 0.29) is 12.1 Å². The Morgan fingerprint density at radius 1 is 1.06 bits per heavy atom. The largest absolute Gasteiger partial charge is 0.517 e. The van der Waals surface area contributed by atoms with E-state index in [1.165, 1.54) is 6.08 Å². The third-order valence-corrected chi connectivity index (χ3v) is 3.34. The number of hydrogen-bond acceptors (Lipinski definition) is 3. The molecule has 94 valence electrons. The summed E-state index contributed by atoms with van der Waals surface area (Å²) in [6.07, 6.45) is 3.21. The zero-order valence-corrected chi connectivity index (χ0v) is 13.5. The van der Waals surface area contributed by atoms with Gasteiger partial charge in [0.2, 0.25) is 8.32 Å². The van der Waals surface area contributed by atoms with E-state index in [1.807, 2.05) is 26.6 Å². The SMILES string of the molecule is CC(/C=C/C(=O)O[Si](C)(C)C)O[Si](C)(C)C. The Hall–Kier alpha value is -0.396. The highest BCUT2D eigenvalue weighted by atomic mass is 28.4. The molecule has 0 aliphatic carbocycles. The quantitative estimate of drug-likeness (QED) is 0.563. The highest BCUT2D eigenvalue weighted by molar-refractivity contribution is 6.71. The van der Waals surface area contributed by atoms with Crippen molar-refractivity contribution in [2.45, 2.75) is 52.3 Å². The number of carbonyl (C=O) groups excluding carboxylic acids is 1. The van der Waals surface area contributed by atoms with Crippen LogP contribution in [0.25, 0.3) is 0 Å². The van der Waals surface area contributed by atoms with Crippen LogP contribution in [0, 0.1) is 0 Å². The molecule has 1 unspecified atom stereocenters. The molecule has 0 aromatic carbocycles. The molecule has 0 fully saturated rings. The second kappa shape index (κ2) is 5.79. The van der Waals surface area contributed by atoms with Gasteiger partial charge in [-0.05, 0) is 46.2 Å². The van der Waals surface area contributed by atoms with Crippen molar-refractivity contribution in [2.24, 2.45) is 0 Å². The molecule has 0 rings (SSSR count). The van der Waals surface area contributed by atoms with Gasteiger partial charge in [0.1, 0.15) is 0 Å². The van der Waals surface area contributed by atoms with E-state index in [4.69, 9.17) is 8.85 Å².